The van der Waals surface area contributed by atoms with E-state index in [1.807, 2.05) is 0 Å². The summed E-state index contributed by atoms with van der Waals surface area (Å²) in [6, 6.07) is 14.7. The average Bonchev–Trinajstić information content (AvgIpc) is 2.66. The summed E-state index contributed by atoms with van der Waals surface area (Å²) in [4.78, 5) is 2.96. The molecule has 0 bridgehead atoms. The molecule has 0 saturated heterocycles. The van der Waals surface area contributed by atoms with Crippen LogP contribution in [-0.2, 0) is 13.1 Å². The van der Waals surface area contributed by atoms with E-state index in [0.29, 0.717) is 17.2 Å². The van der Waals surface area contributed by atoms with Crippen molar-refractivity contribution in [1.82, 2.24) is 0 Å². The van der Waals surface area contributed by atoms with E-state index < -0.39 is 0 Å². The van der Waals surface area contributed by atoms with Gasteiger partial charge in [-0.2, -0.15) is 0 Å². The second kappa shape index (κ2) is 10.0. The van der Waals surface area contributed by atoms with Gasteiger partial charge in [0.25, 0.3) is 0 Å². The molecule has 5 nitrogen and oxygen atoms in total. The summed E-state index contributed by atoms with van der Waals surface area (Å²) < 4.78 is 16.4. The van der Waals surface area contributed by atoms with Crippen LogP contribution in [0.3, 0.4) is 0 Å². The van der Waals surface area contributed by atoms with Crippen molar-refractivity contribution >= 4 is 0 Å². The second-order valence-electron chi connectivity index (χ2n) is 6.83. The number of likely N-dealkylation sites (N-methyl/N-ethyl adjacent to an activating group) is 1. The number of benzene rings is 2. The van der Waals surface area contributed by atoms with Crippen molar-refractivity contribution in [2.45, 2.75) is 13.1 Å². The Morgan fingerprint density at radius 1 is 0.731 bits per heavy atom. The van der Waals surface area contributed by atoms with Crippen molar-refractivity contribution in [3.8, 4) is 17.2 Å². The van der Waals surface area contributed by atoms with Crippen LogP contribution in [0.4, 0.5) is 0 Å². The largest absolute Gasteiger partial charge is 0.493 e. The van der Waals surface area contributed by atoms with E-state index in [1.165, 1.54) is 20.9 Å². The van der Waals surface area contributed by atoms with E-state index >= 15 is 0 Å². The van der Waals surface area contributed by atoms with E-state index in [-0.39, 0.29) is 0 Å². The first-order valence-corrected chi connectivity index (χ1v) is 9.02. The number of ether oxygens (including phenoxy) is 3. The van der Waals surface area contributed by atoms with Crippen LogP contribution in [0.1, 0.15) is 11.1 Å². The summed E-state index contributed by atoms with van der Waals surface area (Å²) in [5.41, 5.74) is 2.53. The summed E-state index contributed by atoms with van der Waals surface area (Å²) in [6.45, 7) is 4.10. The van der Waals surface area contributed by atoms with Crippen LogP contribution in [0.15, 0.2) is 42.5 Å². The zero-order valence-corrected chi connectivity index (χ0v) is 16.6. The molecule has 0 spiro atoms. The van der Waals surface area contributed by atoms with Gasteiger partial charge >= 0.3 is 0 Å². The van der Waals surface area contributed by atoms with Crippen molar-refractivity contribution in [2.24, 2.45) is 0 Å². The maximum Gasteiger partial charge on any atom is 0.203 e. The Balaban J connectivity index is 2.23. The fraction of sp³-hybridized carbons (Fsp3) is 0.429. The van der Waals surface area contributed by atoms with Gasteiger partial charge in [-0.25, -0.2) is 0 Å². The molecular formula is C21H32N2O3+2. The molecule has 0 radical (unpaired) electrons. The van der Waals surface area contributed by atoms with E-state index in [1.54, 1.807) is 21.3 Å². The summed E-state index contributed by atoms with van der Waals surface area (Å²) in [6.07, 6.45) is 0. The zero-order valence-electron chi connectivity index (χ0n) is 16.6. The van der Waals surface area contributed by atoms with Gasteiger partial charge in [-0.1, -0.05) is 30.3 Å². The van der Waals surface area contributed by atoms with E-state index in [9.17, 15) is 0 Å². The minimum Gasteiger partial charge on any atom is -0.493 e. The number of hydrogen-bond donors (Lipinski definition) is 2. The highest BCUT2D eigenvalue weighted by atomic mass is 16.5. The number of hydrogen-bond acceptors (Lipinski definition) is 3. The standard InChI is InChI=1S/C21H30N2O3/c1-22(2)11-12-23(15-17-9-7-6-8-10-17)16-18-13-19(24-3)21(26-5)20(14-18)25-4/h6-10,13-14H,11-12,15-16H2,1-5H3/p+2. The molecule has 0 fully saturated rings. The summed E-state index contributed by atoms with van der Waals surface area (Å²) in [5, 5.41) is 0. The molecule has 0 aromatic heterocycles. The third-order valence-corrected chi connectivity index (χ3v) is 4.45. The smallest absolute Gasteiger partial charge is 0.203 e. The highest BCUT2D eigenvalue weighted by Gasteiger charge is 2.18. The maximum atomic E-state index is 5.50. The van der Waals surface area contributed by atoms with Gasteiger partial charge in [0.2, 0.25) is 5.75 Å². The number of methoxy groups -OCH3 is 3. The maximum absolute atomic E-state index is 5.50. The predicted octanol–water partition coefficient (Wildman–Crippen LogP) is 0.442. The van der Waals surface area contributed by atoms with Crippen LogP contribution >= 0.6 is 0 Å². The third kappa shape index (κ3) is 5.64. The zero-order chi connectivity index (χ0) is 18.9. The summed E-state index contributed by atoms with van der Waals surface area (Å²) in [7, 11) is 9.34. The molecular weight excluding hydrogens is 328 g/mol. The van der Waals surface area contributed by atoms with Crippen LogP contribution < -0.4 is 24.0 Å². The highest BCUT2D eigenvalue weighted by molar-refractivity contribution is 5.53. The molecule has 0 amide bonds. The SMILES string of the molecule is COc1cc(C[NH+](CC[NH+](C)C)Cc2ccccc2)cc(OC)c1OC. The van der Waals surface area contributed by atoms with E-state index in [2.05, 4.69) is 56.6 Å². The van der Waals surface area contributed by atoms with Gasteiger partial charge in [-0.15, -0.1) is 0 Å². The third-order valence-electron chi connectivity index (χ3n) is 4.45. The lowest BCUT2D eigenvalue weighted by Gasteiger charge is -2.22. The Hall–Kier alpha value is -2.24. The Labute approximate surface area is 157 Å². The van der Waals surface area contributed by atoms with Crippen LogP contribution in [0.2, 0.25) is 0 Å². The van der Waals surface area contributed by atoms with E-state index in [4.69, 9.17) is 14.2 Å². The predicted molar refractivity (Wildman–Crippen MR) is 103 cm³/mol. The molecule has 0 saturated carbocycles. The molecule has 2 aromatic rings. The van der Waals surface area contributed by atoms with Crippen molar-refractivity contribution in [3.63, 3.8) is 0 Å². The molecule has 2 rings (SSSR count). The van der Waals surface area contributed by atoms with Crippen LogP contribution in [0.5, 0.6) is 17.2 Å². The number of rotatable bonds is 10. The fourth-order valence-electron chi connectivity index (χ4n) is 3.08. The fourth-order valence-corrected chi connectivity index (χ4v) is 3.08. The van der Waals surface area contributed by atoms with E-state index in [0.717, 1.165) is 26.2 Å². The molecule has 1 unspecified atom stereocenters. The van der Waals surface area contributed by atoms with Crippen LogP contribution in [0.25, 0.3) is 0 Å². The lowest BCUT2D eigenvalue weighted by atomic mass is 10.1. The summed E-state index contributed by atoms with van der Waals surface area (Å²) >= 11 is 0. The molecule has 142 valence electrons. The lowest BCUT2D eigenvalue weighted by molar-refractivity contribution is -0.960. The molecule has 0 aliphatic rings. The van der Waals surface area contributed by atoms with Gasteiger partial charge in [0.05, 0.1) is 35.4 Å². The van der Waals surface area contributed by atoms with Crippen molar-refractivity contribution < 1.29 is 24.0 Å². The van der Waals surface area contributed by atoms with Crippen molar-refractivity contribution in [3.05, 3.63) is 53.6 Å². The van der Waals surface area contributed by atoms with Crippen molar-refractivity contribution in [2.75, 3.05) is 48.5 Å². The Morgan fingerprint density at radius 3 is 1.81 bits per heavy atom. The van der Waals surface area contributed by atoms with Crippen LogP contribution in [0, 0.1) is 0 Å². The molecule has 2 aromatic carbocycles. The van der Waals surface area contributed by atoms with Gasteiger partial charge in [0.1, 0.15) is 26.2 Å². The molecule has 26 heavy (non-hydrogen) atoms. The quantitative estimate of drug-likeness (QED) is 0.646. The normalized spacial score (nSPS) is 12.1. The lowest BCUT2D eigenvalue weighted by Crippen LogP contribution is -3.16. The molecule has 0 heterocycles. The minimum atomic E-state index is 0.640. The molecule has 0 aliphatic heterocycles. The topological polar surface area (TPSA) is 36.6 Å². The van der Waals surface area contributed by atoms with Crippen LogP contribution in [-0.4, -0.2) is 48.5 Å². The monoisotopic (exact) mass is 360 g/mol. The van der Waals surface area contributed by atoms with Gasteiger partial charge in [-0.05, 0) is 12.1 Å². The van der Waals surface area contributed by atoms with Gasteiger partial charge in [-0.3, -0.25) is 0 Å². The molecule has 5 heteroatoms. The Kier molecular flexibility index (Phi) is 7.75. The van der Waals surface area contributed by atoms with Gasteiger partial charge in [0.15, 0.2) is 11.5 Å². The first-order chi connectivity index (χ1) is 12.6. The molecule has 1 atom stereocenters. The van der Waals surface area contributed by atoms with Gasteiger partial charge < -0.3 is 24.0 Å². The number of nitrogens with one attached hydrogen (secondary N) is 2. The Bertz CT molecular complexity index is 649. The second-order valence-corrected chi connectivity index (χ2v) is 6.83. The van der Waals surface area contributed by atoms with Crippen molar-refractivity contribution in [1.29, 1.82) is 0 Å². The Morgan fingerprint density at radius 2 is 1.31 bits per heavy atom. The first-order valence-electron chi connectivity index (χ1n) is 9.02. The minimum absolute atomic E-state index is 0.640. The highest BCUT2D eigenvalue weighted by Crippen LogP contribution is 2.37. The first kappa shape index (κ1) is 20.1. The molecule has 0 aliphatic carbocycles. The summed E-state index contributed by atoms with van der Waals surface area (Å²) in [5.74, 6) is 2.05. The number of quaternary nitrogens is 2. The van der Waals surface area contributed by atoms with Gasteiger partial charge in [0, 0.05) is 11.1 Å². The molecule has 2 N–H and O–H groups in total. The average molecular weight is 360 g/mol.